The first kappa shape index (κ1) is 17.6. The number of fused-ring (bicyclic) bond motifs is 1. The number of nitrogens with zero attached hydrogens (tertiary/aromatic N) is 4. The van der Waals surface area contributed by atoms with E-state index in [1.54, 1.807) is 0 Å². The van der Waals surface area contributed by atoms with E-state index < -0.39 is 17.8 Å². The third-order valence-electron chi connectivity index (χ3n) is 4.33. The van der Waals surface area contributed by atoms with Crippen molar-refractivity contribution in [3.8, 4) is 0 Å². The van der Waals surface area contributed by atoms with Crippen LogP contribution in [0.4, 0.5) is 23.9 Å². The van der Waals surface area contributed by atoms with Crippen molar-refractivity contribution in [2.45, 2.75) is 25.6 Å². The summed E-state index contributed by atoms with van der Waals surface area (Å²) in [5.74, 6) is -0.173. The van der Waals surface area contributed by atoms with Crippen LogP contribution in [0.5, 0.6) is 0 Å². The summed E-state index contributed by atoms with van der Waals surface area (Å²) in [6.45, 7) is 0.971. The molecule has 3 rings (SSSR count). The first-order chi connectivity index (χ1) is 11.7. The number of carbonyl (C=O) groups is 1. The minimum absolute atomic E-state index is 0.0299. The number of aromatic nitrogens is 3. The maximum absolute atomic E-state index is 13.3. The standard InChI is InChI=1S/C14H15ClF3N5O2/c15-10-9-8(14(16,17)18)6-23(11(9)21-12(19)20-10)5-7-1-3-22(4-2-7)13(24)25/h6-7H,1-5H2,(H,24,25)(H2,19,20,21). The highest BCUT2D eigenvalue weighted by molar-refractivity contribution is 6.34. The number of hydrogen-bond acceptors (Lipinski definition) is 4. The Hall–Kier alpha value is -2.23. The summed E-state index contributed by atoms with van der Waals surface area (Å²) in [5, 5.41) is 8.35. The zero-order valence-corrected chi connectivity index (χ0v) is 13.7. The Morgan fingerprint density at radius 2 is 2.00 bits per heavy atom. The highest BCUT2D eigenvalue weighted by Crippen LogP contribution is 2.39. The quantitative estimate of drug-likeness (QED) is 0.784. The molecule has 2 aromatic heterocycles. The number of rotatable bonds is 2. The molecule has 0 radical (unpaired) electrons. The zero-order valence-electron chi connectivity index (χ0n) is 12.9. The third-order valence-corrected chi connectivity index (χ3v) is 4.61. The van der Waals surface area contributed by atoms with Gasteiger partial charge in [0.15, 0.2) is 0 Å². The smallest absolute Gasteiger partial charge is 0.418 e. The fourth-order valence-electron chi connectivity index (χ4n) is 3.10. The number of hydrogen-bond donors (Lipinski definition) is 2. The average Bonchev–Trinajstić information content (AvgIpc) is 2.87. The SMILES string of the molecule is Nc1nc(Cl)c2c(C(F)(F)F)cn(CC3CCN(C(=O)O)CC3)c2n1. The number of nitrogens with two attached hydrogens (primary N) is 1. The molecule has 1 amide bonds. The van der Waals surface area contributed by atoms with Crippen LogP contribution in [0, 0.1) is 5.92 Å². The van der Waals surface area contributed by atoms with E-state index >= 15 is 0 Å². The number of likely N-dealkylation sites (tertiary alicyclic amines) is 1. The molecule has 136 valence electrons. The van der Waals surface area contributed by atoms with Crippen LogP contribution < -0.4 is 5.73 Å². The Labute approximate surface area is 145 Å². The van der Waals surface area contributed by atoms with Crippen LogP contribution in [0.15, 0.2) is 6.20 Å². The molecule has 0 unspecified atom stereocenters. The Kier molecular flexibility index (Phi) is 4.40. The lowest BCUT2D eigenvalue weighted by molar-refractivity contribution is -0.136. The number of carboxylic acid groups (broad SMARTS) is 1. The number of amides is 1. The molecular weight excluding hydrogens is 363 g/mol. The van der Waals surface area contributed by atoms with Gasteiger partial charge < -0.3 is 20.3 Å². The van der Waals surface area contributed by atoms with Crippen LogP contribution in [-0.2, 0) is 12.7 Å². The van der Waals surface area contributed by atoms with Crippen molar-refractivity contribution in [2.75, 3.05) is 18.8 Å². The molecule has 1 aliphatic rings. The minimum atomic E-state index is -4.60. The Balaban J connectivity index is 1.93. The van der Waals surface area contributed by atoms with Crippen LogP contribution in [0.25, 0.3) is 11.0 Å². The molecule has 11 heteroatoms. The lowest BCUT2D eigenvalue weighted by Gasteiger charge is -2.30. The largest absolute Gasteiger partial charge is 0.465 e. The predicted molar refractivity (Wildman–Crippen MR) is 84.3 cm³/mol. The average molecular weight is 378 g/mol. The molecule has 0 aromatic carbocycles. The van der Waals surface area contributed by atoms with E-state index in [1.807, 2.05) is 0 Å². The first-order valence-corrected chi connectivity index (χ1v) is 7.91. The Morgan fingerprint density at radius 3 is 2.56 bits per heavy atom. The third kappa shape index (κ3) is 3.44. The van der Waals surface area contributed by atoms with Crippen molar-refractivity contribution in [3.05, 3.63) is 16.9 Å². The summed E-state index contributed by atoms with van der Waals surface area (Å²) < 4.78 is 41.3. The molecule has 7 nitrogen and oxygen atoms in total. The zero-order chi connectivity index (χ0) is 18.4. The fourth-order valence-corrected chi connectivity index (χ4v) is 3.37. The van der Waals surface area contributed by atoms with Gasteiger partial charge in [-0.15, -0.1) is 0 Å². The van der Waals surface area contributed by atoms with Gasteiger partial charge in [0.05, 0.1) is 10.9 Å². The van der Waals surface area contributed by atoms with Crippen molar-refractivity contribution in [1.29, 1.82) is 0 Å². The predicted octanol–water partition coefficient (Wildman–Crippen LogP) is 3.08. The molecule has 1 fully saturated rings. The first-order valence-electron chi connectivity index (χ1n) is 7.53. The van der Waals surface area contributed by atoms with E-state index in [9.17, 15) is 18.0 Å². The number of piperidine rings is 1. The highest BCUT2D eigenvalue weighted by atomic mass is 35.5. The summed E-state index contributed by atoms with van der Waals surface area (Å²) in [7, 11) is 0. The van der Waals surface area contributed by atoms with Gasteiger partial charge in [-0.05, 0) is 18.8 Å². The second kappa shape index (κ2) is 6.25. The van der Waals surface area contributed by atoms with Crippen molar-refractivity contribution in [3.63, 3.8) is 0 Å². The van der Waals surface area contributed by atoms with Crippen LogP contribution in [-0.4, -0.2) is 43.7 Å². The summed E-state index contributed by atoms with van der Waals surface area (Å²) in [6.07, 6.45) is -3.51. The van der Waals surface area contributed by atoms with Gasteiger partial charge in [0.25, 0.3) is 0 Å². The van der Waals surface area contributed by atoms with Gasteiger partial charge in [-0.25, -0.2) is 9.78 Å². The number of nitrogen functional groups attached to an aromatic ring is 1. The van der Waals surface area contributed by atoms with Gasteiger partial charge >= 0.3 is 12.3 Å². The monoisotopic (exact) mass is 377 g/mol. The van der Waals surface area contributed by atoms with Crippen LogP contribution >= 0.6 is 11.6 Å². The molecule has 1 saturated heterocycles. The summed E-state index contributed by atoms with van der Waals surface area (Å²) in [6, 6.07) is 0. The van der Waals surface area contributed by atoms with Gasteiger partial charge in [0.1, 0.15) is 10.8 Å². The number of halogens is 4. The van der Waals surface area contributed by atoms with E-state index in [-0.39, 0.29) is 34.6 Å². The lowest BCUT2D eigenvalue weighted by atomic mass is 9.97. The molecule has 0 spiro atoms. The van der Waals surface area contributed by atoms with Gasteiger partial charge in [-0.3, -0.25) is 0 Å². The molecule has 0 atom stereocenters. The Bertz CT molecular complexity index is 815. The normalized spacial score (nSPS) is 16.6. The molecule has 2 aromatic rings. The van der Waals surface area contributed by atoms with E-state index in [0.717, 1.165) is 6.20 Å². The molecule has 0 saturated carbocycles. The van der Waals surface area contributed by atoms with Crippen LogP contribution in [0.1, 0.15) is 18.4 Å². The van der Waals surface area contributed by atoms with Crippen LogP contribution in [0.3, 0.4) is 0 Å². The van der Waals surface area contributed by atoms with Gasteiger partial charge in [-0.1, -0.05) is 11.6 Å². The van der Waals surface area contributed by atoms with E-state index in [2.05, 4.69) is 9.97 Å². The van der Waals surface area contributed by atoms with E-state index in [0.29, 0.717) is 25.9 Å². The molecule has 0 aliphatic carbocycles. The maximum atomic E-state index is 13.3. The second-order valence-corrected chi connectivity index (χ2v) is 6.34. The number of anilines is 1. The van der Waals surface area contributed by atoms with Crippen LogP contribution in [0.2, 0.25) is 5.15 Å². The molecule has 3 N–H and O–H groups in total. The Morgan fingerprint density at radius 1 is 1.36 bits per heavy atom. The maximum Gasteiger partial charge on any atom is 0.418 e. The van der Waals surface area contributed by atoms with Gasteiger partial charge in [-0.2, -0.15) is 18.2 Å². The molecule has 0 bridgehead atoms. The minimum Gasteiger partial charge on any atom is -0.465 e. The summed E-state index contributed by atoms with van der Waals surface area (Å²) in [5.41, 5.74) is 4.65. The van der Waals surface area contributed by atoms with Gasteiger partial charge in [0.2, 0.25) is 5.95 Å². The lowest BCUT2D eigenvalue weighted by Crippen LogP contribution is -2.38. The van der Waals surface area contributed by atoms with E-state index in [4.69, 9.17) is 22.4 Å². The molecular formula is C14H15ClF3N5O2. The molecule has 3 heterocycles. The van der Waals surface area contributed by atoms with Crippen molar-refractivity contribution in [1.82, 2.24) is 19.4 Å². The fraction of sp³-hybridized carbons (Fsp3) is 0.500. The molecule has 25 heavy (non-hydrogen) atoms. The van der Waals surface area contributed by atoms with Crippen molar-refractivity contribution in [2.24, 2.45) is 5.92 Å². The number of alkyl halides is 3. The summed E-state index contributed by atoms with van der Waals surface area (Å²) >= 11 is 5.87. The second-order valence-electron chi connectivity index (χ2n) is 5.98. The topological polar surface area (TPSA) is 97.3 Å². The highest BCUT2D eigenvalue weighted by Gasteiger charge is 2.37. The molecule has 1 aliphatic heterocycles. The van der Waals surface area contributed by atoms with E-state index in [1.165, 1.54) is 9.47 Å². The van der Waals surface area contributed by atoms with Crippen molar-refractivity contribution < 1.29 is 23.1 Å². The summed E-state index contributed by atoms with van der Waals surface area (Å²) in [4.78, 5) is 19.8. The van der Waals surface area contributed by atoms with Crippen molar-refractivity contribution >= 4 is 34.7 Å². The van der Waals surface area contributed by atoms with Gasteiger partial charge in [0, 0.05) is 25.8 Å².